The summed E-state index contributed by atoms with van der Waals surface area (Å²) in [5, 5.41) is 11.9. The molecule has 0 bridgehead atoms. The molecule has 1 aliphatic rings. The van der Waals surface area contributed by atoms with Gasteiger partial charge in [0.15, 0.2) is 5.13 Å². The zero-order chi connectivity index (χ0) is 17.4. The lowest BCUT2D eigenvalue weighted by Crippen LogP contribution is -2.39. The van der Waals surface area contributed by atoms with Gasteiger partial charge in [0.05, 0.1) is 5.69 Å². The van der Waals surface area contributed by atoms with Crippen LogP contribution in [0, 0.1) is 6.92 Å². The Morgan fingerprint density at radius 2 is 2.12 bits per heavy atom. The topological polar surface area (TPSA) is 75.4 Å². The first-order valence-electron chi connectivity index (χ1n) is 8.46. The molecule has 0 atom stereocenters. The Labute approximate surface area is 153 Å². The fourth-order valence-electron chi connectivity index (χ4n) is 2.97. The third kappa shape index (κ3) is 3.38. The highest BCUT2D eigenvalue weighted by Crippen LogP contribution is 2.26. The highest BCUT2D eigenvalue weighted by atomic mass is 32.1. The van der Waals surface area contributed by atoms with Gasteiger partial charge in [0.25, 0.3) is 5.56 Å². The lowest BCUT2D eigenvalue weighted by atomic mass is 10.1. The summed E-state index contributed by atoms with van der Waals surface area (Å²) in [5.74, 6) is 0. The molecule has 0 amide bonds. The van der Waals surface area contributed by atoms with Crippen molar-refractivity contribution in [2.45, 2.75) is 39.2 Å². The second kappa shape index (κ2) is 6.72. The first-order chi connectivity index (χ1) is 12.1. The molecule has 3 aromatic rings. The Morgan fingerprint density at radius 3 is 2.80 bits per heavy atom. The van der Waals surface area contributed by atoms with Gasteiger partial charge >= 0.3 is 0 Å². The highest BCUT2D eigenvalue weighted by Gasteiger charge is 2.23. The maximum absolute atomic E-state index is 12.1. The van der Waals surface area contributed by atoms with Crippen LogP contribution in [0.25, 0.3) is 4.96 Å². The maximum atomic E-state index is 12.1. The molecule has 132 valence electrons. The van der Waals surface area contributed by atoms with E-state index < -0.39 is 0 Å². The smallest absolute Gasteiger partial charge is 0.275 e. The molecule has 0 unspecified atom stereocenters. The van der Waals surface area contributed by atoms with E-state index in [1.807, 2.05) is 13.8 Å². The summed E-state index contributed by atoms with van der Waals surface area (Å²) < 4.78 is 1.42. The number of piperidine rings is 1. The third-order valence-corrected chi connectivity index (χ3v) is 6.22. The molecule has 0 radical (unpaired) electrons. The second-order valence-corrected chi connectivity index (χ2v) is 8.01. The number of hydrogen-bond acceptors (Lipinski definition) is 8. The Bertz CT molecular complexity index is 938. The van der Waals surface area contributed by atoms with Crippen molar-refractivity contribution < 1.29 is 0 Å². The van der Waals surface area contributed by atoms with E-state index in [-0.39, 0.29) is 5.56 Å². The van der Waals surface area contributed by atoms with Gasteiger partial charge in [-0.05, 0) is 26.2 Å². The molecule has 1 fully saturated rings. The number of thiazole rings is 1. The van der Waals surface area contributed by atoms with Gasteiger partial charge in [0, 0.05) is 36.3 Å². The van der Waals surface area contributed by atoms with Crippen LogP contribution in [-0.2, 0) is 6.42 Å². The second-order valence-electron chi connectivity index (χ2n) is 6.22. The Morgan fingerprint density at radius 1 is 1.32 bits per heavy atom. The maximum Gasteiger partial charge on any atom is 0.275 e. The number of nitrogens with zero attached hydrogens (tertiary/aromatic N) is 5. The Kier molecular flexibility index (Phi) is 4.43. The summed E-state index contributed by atoms with van der Waals surface area (Å²) in [7, 11) is 0. The van der Waals surface area contributed by atoms with Crippen molar-refractivity contribution in [3.8, 4) is 0 Å². The van der Waals surface area contributed by atoms with E-state index in [2.05, 4.69) is 30.7 Å². The largest absolute Gasteiger partial charge is 0.359 e. The van der Waals surface area contributed by atoms with Crippen LogP contribution in [0.3, 0.4) is 0 Å². The van der Waals surface area contributed by atoms with Crippen LogP contribution < -0.4 is 15.8 Å². The molecule has 1 aliphatic heterocycles. The highest BCUT2D eigenvalue weighted by molar-refractivity contribution is 7.20. The van der Waals surface area contributed by atoms with Crippen LogP contribution in [0.1, 0.15) is 31.2 Å². The van der Waals surface area contributed by atoms with E-state index in [9.17, 15) is 4.79 Å². The van der Waals surface area contributed by atoms with Gasteiger partial charge in [-0.25, -0.2) is 9.97 Å². The number of anilines is 2. The zero-order valence-electron chi connectivity index (χ0n) is 14.2. The minimum atomic E-state index is -0.0972. The van der Waals surface area contributed by atoms with E-state index in [4.69, 9.17) is 0 Å². The average Bonchev–Trinajstić information content (AvgIpc) is 3.22. The fourth-order valence-corrected chi connectivity index (χ4v) is 4.71. The molecule has 0 saturated carbocycles. The molecule has 1 N–H and O–H groups in total. The van der Waals surface area contributed by atoms with E-state index in [1.165, 1.54) is 15.9 Å². The lowest BCUT2D eigenvalue weighted by Gasteiger charge is -2.31. The van der Waals surface area contributed by atoms with Crippen LogP contribution in [0.5, 0.6) is 0 Å². The van der Waals surface area contributed by atoms with E-state index in [0.717, 1.165) is 54.0 Å². The minimum absolute atomic E-state index is 0.0972. The van der Waals surface area contributed by atoms with Crippen molar-refractivity contribution in [3.63, 3.8) is 0 Å². The standard InChI is InChI=1S/C16H20N6OS2/c1-3-11-8-13(23)22-15(19-11)25-16(20-22)21-6-4-12(5-7-21)18-14-17-10(2)9-24-14/h8-9,12H,3-7H2,1-2H3,(H,17,18). The summed E-state index contributed by atoms with van der Waals surface area (Å²) in [6.07, 6.45) is 2.81. The molecule has 0 aliphatic carbocycles. The van der Waals surface area contributed by atoms with Crippen molar-refractivity contribution in [2.75, 3.05) is 23.3 Å². The monoisotopic (exact) mass is 376 g/mol. The van der Waals surface area contributed by atoms with Crippen LogP contribution in [0.2, 0.25) is 0 Å². The molecule has 9 heteroatoms. The molecular weight excluding hydrogens is 356 g/mol. The number of hydrogen-bond donors (Lipinski definition) is 1. The summed E-state index contributed by atoms with van der Waals surface area (Å²) in [6.45, 7) is 5.84. The summed E-state index contributed by atoms with van der Waals surface area (Å²) in [5.41, 5.74) is 1.78. The van der Waals surface area contributed by atoms with Gasteiger partial charge in [-0.1, -0.05) is 18.3 Å². The van der Waals surface area contributed by atoms with E-state index in [1.54, 1.807) is 17.4 Å². The van der Waals surface area contributed by atoms with Gasteiger partial charge in [-0.3, -0.25) is 4.79 Å². The quantitative estimate of drug-likeness (QED) is 0.754. The molecule has 25 heavy (non-hydrogen) atoms. The van der Waals surface area contributed by atoms with Gasteiger partial charge in [-0.15, -0.1) is 16.4 Å². The molecule has 4 heterocycles. The van der Waals surface area contributed by atoms with Crippen molar-refractivity contribution in [1.82, 2.24) is 19.6 Å². The number of aromatic nitrogens is 4. The van der Waals surface area contributed by atoms with Crippen LogP contribution in [0.15, 0.2) is 16.2 Å². The van der Waals surface area contributed by atoms with Crippen molar-refractivity contribution >= 4 is 37.9 Å². The number of nitrogens with one attached hydrogen (secondary N) is 1. The minimum Gasteiger partial charge on any atom is -0.359 e. The van der Waals surface area contributed by atoms with Crippen LogP contribution >= 0.6 is 22.7 Å². The van der Waals surface area contributed by atoms with Gasteiger partial charge < -0.3 is 10.2 Å². The van der Waals surface area contributed by atoms with Crippen molar-refractivity contribution in [2.24, 2.45) is 0 Å². The first-order valence-corrected chi connectivity index (χ1v) is 10.2. The van der Waals surface area contributed by atoms with Crippen LogP contribution in [-0.4, -0.2) is 38.7 Å². The molecule has 4 rings (SSSR count). The molecule has 0 aromatic carbocycles. The zero-order valence-corrected chi connectivity index (χ0v) is 15.9. The summed E-state index contributed by atoms with van der Waals surface area (Å²) in [6, 6.07) is 2.01. The van der Waals surface area contributed by atoms with Gasteiger partial charge in [0.1, 0.15) is 0 Å². The molecule has 3 aromatic heterocycles. The first kappa shape index (κ1) is 16.5. The molecular formula is C16H20N6OS2. The van der Waals surface area contributed by atoms with E-state index in [0.29, 0.717) is 11.0 Å². The molecule has 1 saturated heterocycles. The number of aryl methyl sites for hydroxylation is 2. The lowest BCUT2D eigenvalue weighted by molar-refractivity contribution is 0.524. The normalized spacial score (nSPS) is 15.8. The number of rotatable bonds is 4. The Hall–Kier alpha value is -2.00. The number of fused-ring (bicyclic) bond motifs is 1. The Balaban J connectivity index is 1.46. The predicted octanol–water partition coefficient (Wildman–Crippen LogP) is 2.56. The molecule has 7 nitrogen and oxygen atoms in total. The van der Waals surface area contributed by atoms with Crippen LogP contribution in [0.4, 0.5) is 10.3 Å². The van der Waals surface area contributed by atoms with Crippen molar-refractivity contribution in [1.29, 1.82) is 0 Å². The molecule has 0 spiro atoms. The third-order valence-electron chi connectivity index (χ3n) is 4.36. The van der Waals surface area contributed by atoms with Crippen molar-refractivity contribution in [3.05, 3.63) is 33.2 Å². The fraction of sp³-hybridized carbons (Fsp3) is 0.500. The van der Waals surface area contributed by atoms with Gasteiger partial charge in [-0.2, -0.15) is 4.52 Å². The average molecular weight is 377 g/mol. The predicted molar refractivity (Wildman–Crippen MR) is 102 cm³/mol. The van der Waals surface area contributed by atoms with Gasteiger partial charge in [0.2, 0.25) is 10.1 Å². The SMILES string of the molecule is CCc1cc(=O)n2nc(N3CCC(Nc4nc(C)cs4)CC3)sc2n1. The van der Waals surface area contributed by atoms with E-state index >= 15 is 0 Å². The summed E-state index contributed by atoms with van der Waals surface area (Å²) in [4.78, 5) is 24.1. The summed E-state index contributed by atoms with van der Waals surface area (Å²) >= 11 is 3.15.